The second-order valence-corrected chi connectivity index (χ2v) is 6.43. The van der Waals surface area contributed by atoms with Crippen LogP contribution in [0.4, 0.5) is 0 Å². The summed E-state index contributed by atoms with van der Waals surface area (Å²) < 4.78 is 7.00. The summed E-state index contributed by atoms with van der Waals surface area (Å²) in [5.74, 6) is 0.894. The second-order valence-electron chi connectivity index (χ2n) is 5.31. The summed E-state index contributed by atoms with van der Waals surface area (Å²) in [5.41, 5.74) is 2.17. The van der Waals surface area contributed by atoms with E-state index in [1.807, 2.05) is 36.4 Å². The molecule has 4 rings (SSSR count). The van der Waals surface area contributed by atoms with Crippen LogP contribution in [0.1, 0.15) is 10.6 Å². The number of nitrogens with zero attached hydrogens (tertiary/aromatic N) is 1. The first kappa shape index (κ1) is 12.8. The van der Waals surface area contributed by atoms with Gasteiger partial charge in [-0.2, -0.15) is 0 Å². The molecule has 3 aromatic rings. The van der Waals surface area contributed by atoms with Crippen molar-refractivity contribution in [2.45, 2.75) is 25.0 Å². The first-order valence-electron chi connectivity index (χ1n) is 7.07. The number of thiazole rings is 1. The summed E-state index contributed by atoms with van der Waals surface area (Å²) in [7, 11) is 0. The van der Waals surface area contributed by atoms with Crippen LogP contribution in [0.25, 0.3) is 10.2 Å². The summed E-state index contributed by atoms with van der Waals surface area (Å²) in [5, 5.41) is 11.4. The van der Waals surface area contributed by atoms with Crippen LogP contribution in [0.2, 0.25) is 0 Å². The second kappa shape index (κ2) is 5.13. The van der Waals surface area contributed by atoms with E-state index in [9.17, 15) is 5.11 Å². The van der Waals surface area contributed by atoms with E-state index >= 15 is 0 Å². The fourth-order valence-electron chi connectivity index (χ4n) is 2.74. The van der Waals surface area contributed by atoms with Gasteiger partial charge in [0, 0.05) is 12.8 Å². The molecule has 2 unspecified atom stereocenters. The molecule has 0 aliphatic carbocycles. The molecule has 21 heavy (non-hydrogen) atoms. The number of rotatable bonds is 3. The molecule has 106 valence electrons. The zero-order valence-corrected chi connectivity index (χ0v) is 12.2. The smallest absolute Gasteiger partial charge is 0.129 e. The van der Waals surface area contributed by atoms with Crippen LogP contribution in [0.15, 0.2) is 48.5 Å². The van der Waals surface area contributed by atoms with Crippen LogP contribution < -0.4 is 4.74 Å². The highest BCUT2D eigenvalue weighted by atomic mass is 32.1. The lowest BCUT2D eigenvalue weighted by atomic mass is 10.0. The Bertz CT molecular complexity index is 725. The van der Waals surface area contributed by atoms with E-state index < -0.39 is 6.10 Å². The van der Waals surface area contributed by atoms with Gasteiger partial charge in [-0.15, -0.1) is 11.3 Å². The molecule has 0 bridgehead atoms. The normalized spacial score (nSPS) is 18.4. The van der Waals surface area contributed by atoms with Crippen LogP contribution in [0.3, 0.4) is 0 Å². The quantitative estimate of drug-likeness (QED) is 0.807. The zero-order valence-electron chi connectivity index (χ0n) is 11.4. The van der Waals surface area contributed by atoms with E-state index in [2.05, 4.69) is 17.1 Å². The zero-order chi connectivity index (χ0) is 14.2. The number of hydrogen-bond donors (Lipinski definition) is 1. The molecule has 0 radical (unpaired) electrons. The maximum absolute atomic E-state index is 10.4. The Kier molecular flexibility index (Phi) is 3.13. The predicted molar refractivity (Wildman–Crippen MR) is 83.9 cm³/mol. The van der Waals surface area contributed by atoms with Gasteiger partial charge >= 0.3 is 0 Å². The van der Waals surface area contributed by atoms with E-state index in [4.69, 9.17) is 4.74 Å². The summed E-state index contributed by atoms with van der Waals surface area (Å²) in [6.45, 7) is 0. The summed E-state index contributed by atoms with van der Waals surface area (Å²) in [6.07, 6.45) is 0.604. The van der Waals surface area contributed by atoms with Crippen molar-refractivity contribution in [2.75, 3.05) is 0 Å². The monoisotopic (exact) mass is 297 g/mol. The number of benzene rings is 2. The van der Waals surface area contributed by atoms with E-state index in [1.165, 1.54) is 5.56 Å². The first-order valence-corrected chi connectivity index (χ1v) is 7.88. The van der Waals surface area contributed by atoms with Gasteiger partial charge in [-0.05, 0) is 23.8 Å². The van der Waals surface area contributed by atoms with Crippen LogP contribution in [-0.4, -0.2) is 22.3 Å². The van der Waals surface area contributed by atoms with Crippen molar-refractivity contribution >= 4 is 21.6 Å². The van der Waals surface area contributed by atoms with Crippen LogP contribution in [-0.2, 0) is 12.8 Å². The Morgan fingerprint density at radius 3 is 2.86 bits per heavy atom. The minimum Gasteiger partial charge on any atom is -0.487 e. The van der Waals surface area contributed by atoms with Crippen LogP contribution in [0.5, 0.6) is 5.75 Å². The number of fused-ring (bicyclic) bond motifs is 2. The predicted octanol–water partition coefficient (Wildman–Crippen LogP) is 3.20. The largest absolute Gasteiger partial charge is 0.487 e. The molecule has 4 heteroatoms. The van der Waals surface area contributed by atoms with Gasteiger partial charge in [0.1, 0.15) is 11.9 Å². The average Bonchev–Trinajstić information content (AvgIpc) is 3.10. The van der Waals surface area contributed by atoms with Gasteiger partial charge in [0.25, 0.3) is 0 Å². The van der Waals surface area contributed by atoms with Gasteiger partial charge in [-0.3, -0.25) is 0 Å². The van der Waals surface area contributed by atoms with Crippen molar-refractivity contribution in [1.82, 2.24) is 4.98 Å². The Labute approximate surface area is 126 Å². The molecule has 2 heterocycles. The third kappa shape index (κ3) is 2.41. The maximum atomic E-state index is 10.4. The number of ether oxygens (including phenoxy) is 1. The highest BCUT2D eigenvalue weighted by Gasteiger charge is 2.29. The number of hydrogen-bond acceptors (Lipinski definition) is 4. The standard InChI is InChI=1S/C17H15NO2S/c19-13(15-9-11-5-1-3-7-14(11)20-15)10-17-18-12-6-2-4-8-16(12)21-17/h1-8,13,15,19H,9-10H2. The molecule has 1 aliphatic rings. The molecule has 2 aromatic carbocycles. The van der Waals surface area contributed by atoms with Crippen molar-refractivity contribution in [3.8, 4) is 5.75 Å². The SMILES string of the molecule is OC(Cc1nc2ccccc2s1)C1Cc2ccccc2O1. The van der Waals surface area contributed by atoms with Gasteiger partial charge in [0.2, 0.25) is 0 Å². The first-order chi connectivity index (χ1) is 10.3. The molecular weight excluding hydrogens is 282 g/mol. The van der Waals surface area contributed by atoms with E-state index in [-0.39, 0.29) is 6.10 Å². The highest BCUT2D eigenvalue weighted by molar-refractivity contribution is 7.18. The van der Waals surface area contributed by atoms with Gasteiger partial charge in [0.15, 0.2) is 0 Å². The number of aliphatic hydroxyl groups excluding tert-OH is 1. The molecule has 1 N–H and O–H groups in total. The lowest BCUT2D eigenvalue weighted by Gasteiger charge is -2.16. The fraction of sp³-hybridized carbons (Fsp3) is 0.235. The molecule has 0 amide bonds. The number of aliphatic hydroxyl groups is 1. The molecule has 0 saturated heterocycles. The van der Waals surface area contributed by atoms with E-state index in [0.717, 1.165) is 27.4 Å². The molecule has 1 aromatic heterocycles. The lowest BCUT2D eigenvalue weighted by molar-refractivity contribution is 0.0503. The minimum atomic E-state index is -0.530. The van der Waals surface area contributed by atoms with E-state index in [1.54, 1.807) is 11.3 Å². The number of para-hydroxylation sites is 2. The third-order valence-electron chi connectivity index (χ3n) is 3.82. The van der Waals surface area contributed by atoms with Crippen molar-refractivity contribution in [1.29, 1.82) is 0 Å². The molecule has 3 nitrogen and oxygen atoms in total. The molecular formula is C17H15NO2S. The van der Waals surface area contributed by atoms with Crippen LogP contribution in [0, 0.1) is 0 Å². The topological polar surface area (TPSA) is 42.4 Å². The highest BCUT2D eigenvalue weighted by Crippen LogP contribution is 2.31. The lowest BCUT2D eigenvalue weighted by Crippen LogP contribution is -2.31. The number of aromatic nitrogens is 1. The Morgan fingerprint density at radius 2 is 2.00 bits per heavy atom. The minimum absolute atomic E-state index is 0.172. The Balaban J connectivity index is 1.50. The van der Waals surface area contributed by atoms with Crippen LogP contribution >= 0.6 is 11.3 Å². The summed E-state index contributed by atoms with van der Waals surface area (Å²) in [6, 6.07) is 16.0. The Hall–Kier alpha value is -1.91. The molecule has 0 fully saturated rings. The van der Waals surface area contributed by atoms with Gasteiger partial charge in [0.05, 0.1) is 21.3 Å². The molecule has 0 saturated carbocycles. The van der Waals surface area contributed by atoms with Crippen molar-refractivity contribution in [2.24, 2.45) is 0 Å². The van der Waals surface area contributed by atoms with Crippen molar-refractivity contribution < 1.29 is 9.84 Å². The molecule has 0 spiro atoms. The maximum Gasteiger partial charge on any atom is 0.129 e. The average molecular weight is 297 g/mol. The molecule has 2 atom stereocenters. The summed E-state index contributed by atoms with van der Waals surface area (Å²) >= 11 is 1.64. The van der Waals surface area contributed by atoms with Crippen molar-refractivity contribution in [3.05, 3.63) is 59.1 Å². The van der Waals surface area contributed by atoms with E-state index in [0.29, 0.717) is 6.42 Å². The third-order valence-corrected chi connectivity index (χ3v) is 4.88. The Morgan fingerprint density at radius 1 is 1.19 bits per heavy atom. The summed E-state index contributed by atoms with van der Waals surface area (Å²) in [4.78, 5) is 4.58. The van der Waals surface area contributed by atoms with Gasteiger partial charge < -0.3 is 9.84 Å². The van der Waals surface area contributed by atoms with Crippen molar-refractivity contribution in [3.63, 3.8) is 0 Å². The fourth-order valence-corrected chi connectivity index (χ4v) is 3.76. The van der Waals surface area contributed by atoms with Gasteiger partial charge in [-0.1, -0.05) is 30.3 Å². The molecule has 1 aliphatic heterocycles. The van der Waals surface area contributed by atoms with Gasteiger partial charge in [-0.25, -0.2) is 4.98 Å².